The fourth-order valence-electron chi connectivity index (χ4n) is 2.31. The van der Waals surface area contributed by atoms with E-state index in [4.69, 9.17) is 5.73 Å². The van der Waals surface area contributed by atoms with Crippen molar-refractivity contribution in [2.45, 2.75) is 25.8 Å². The van der Waals surface area contributed by atoms with E-state index in [9.17, 15) is 4.79 Å². The number of carbonyl (C=O) groups is 1. The van der Waals surface area contributed by atoms with Crippen LogP contribution >= 0.6 is 0 Å². The number of hydrogen-bond acceptors (Lipinski definition) is 5. The van der Waals surface area contributed by atoms with Gasteiger partial charge >= 0.3 is 0 Å². The quantitative estimate of drug-likeness (QED) is 0.800. The van der Waals surface area contributed by atoms with Crippen LogP contribution in [0.15, 0.2) is 12.1 Å². The molecule has 0 aliphatic carbocycles. The number of nitrogens with zero attached hydrogens (tertiary/aromatic N) is 3. The van der Waals surface area contributed by atoms with Crippen molar-refractivity contribution in [1.82, 2.24) is 20.4 Å². The summed E-state index contributed by atoms with van der Waals surface area (Å²) in [5.74, 6) is 0.130. The van der Waals surface area contributed by atoms with Gasteiger partial charge in [0.2, 0.25) is 0 Å². The van der Waals surface area contributed by atoms with Crippen molar-refractivity contribution in [1.29, 1.82) is 0 Å². The van der Waals surface area contributed by atoms with Crippen molar-refractivity contribution in [2.24, 2.45) is 0 Å². The first kappa shape index (κ1) is 12.8. The van der Waals surface area contributed by atoms with E-state index in [-0.39, 0.29) is 5.91 Å². The average Bonchev–Trinajstić information content (AvgIpc) is 2.84. The second-order valence-corrected chi connectivity index (χ2v) is 4.48. The molecular weight excluding hydrogens is 230 g/mol. The van der Waals surface area contributed by atoms with Crippen LogP contribution < -0.4 is 11.1 Å². The minimum Gasteiger partial charge on any atom is -0.382 e. The summed E-state index contributed by atoms with van der Waals surface area (Å²) in [6.45, 7) is 4.96. The highest BCUT2D eigenvalue weighted by molar-refractivity contribution is 5.92. The first-order chi connectivity index (χ1) is 8.70. The number of nitrogen functional groups attached to an aromatic ring is 1. The van der Waals surface area contributed by atoms with Crippen LogP contribution in [0.1, 0.15) is 30.3 Å². The Morgan fingerprint density at radius 1 is 1.56 bits per heavy atom. The normalized spacial score (nSPS) is 19.9. The molecule has 0 spiro atoms. The third-order valence-electron chi connectivity index (χ3n) is 3.32. The fourth-order valence-corrected chi connectivity index (χ4v) is 2.31. The monoisotopic (exact) mass is 249 g/mol. The molecule has 1 saturated heterocycles. The van der Waals surface area contributed by atoms with Gasteiger partial charge in [0.25, 0.3) is 5.91 Å². The molecule has 1 aromatic heterocycles. The van der Waals surface area contributed by atoms with Crippen LogP contribution in [0, 0.1) is 0 Å². The van der Waals surface area contributed by atoms with Gasteiger partial charge in [-0.15, -0.1) is 10.2 Å². The van der Waals surface area contributed by atoms with Gasteiger partial charge in [0.05, 0.1) is 0 Å². The van der Waals surface area contributed by atoms with E-state index in [0.29, 0.717) is 24.1 Å². The number of carbonyl (C=O) groups excluding carboxylic acids is 1. The van der Waals surface area contributed by atoms with Crippen molar-refractivity contribution in [3.63, 3.8) is 0 Å². The van der Waals surface area contributed by atoms with Crippen molar-refractivity contribution < 1.29 is 4.79 Å². The Morgan fingerprint density at radius 3 is 3.06 bits per heavy atom. The Morgan fingerprint density at radius 2 is 2.39 bits per heavy atom. The van der Waals surface area contributed by atoms with E-state index in [1.54, 1.807) is 12.1 Å². The lowest BCUT2D eigenvalue weighted by Gasteiger charge is -2.22. The first-order valence-corrected chi connectivity index (χ1v) is 6.32. The number of aromatic nitrogens is 2. The van der Waals surface area contributed by atoms with E-state index >= 15 is 0 Å². The number of likely N-dealkylation sites (tertiary alicyclic amines) is 1. The molecule has 1 aliphatic heterocycles. The van der Waals surface area contributed by atoms with Crippen molar-refractivity contribution in [2.75, 3.05) is 25.4 Å². The molecular formula is C12H19N5O. The standard InChI is InChI=1S/C12H19N5O/c1-2-17-7-3-4-9(17)8-14-12(18)10-5-6-11(13)16-15-10/h5-6,9H,2-4,7-8H2,1H3,(H2,13,16)(H,14,18). The zero-order valence-corrected chi connectivity index (χ0v) is 10.6. The van der Waals surface area contributed by atoms with Crippen molar-refractivity contribution in [3.05, 3.63) is 17.8 Å². The molecule has 1 aromatic rings. The number of hydrogen-bond donors (Lipinski definition) is 2. The molecule has 0 saturated carbocycles. The number of likely N-dealkylation sites (N-methyl/N-ethyl adjacent to an activating group) is 1. The van der Waals surface area contributed by atoms with Gasteiger partial charge in [0, 0.05) is 12.6 Å². The summed E-state index contributed by atoms with van der Waals surface area (Å²) in [6.07, 6.45) is 2.34. The highest BCUT2D eigenvalue weighted by Crippen LogP contribution is 2.15. The molecule has 0 bridgehead atoms. The minimum absolute atomic E-state index is 0.189. The Hall–Kier alpha value is -1.69. The Labute approximate surface area is 107 Å². The molecule has 6 nitrogen and oxygen atoms in total. The molecule has 0 aromatic carbocycles. The van der Waals surface area contributed by atoms with Crippen molar-refractivity contribution in [3.8, 4) is 0 Å². The molecule has 18 heavy (non-hydrogen) atoms. The van der Waals surface area contributed by atoms with Crippen LogP contribution in [0.4, 0.5) is 5.82 Å². The van der Waals surface area contributed by atoms with Crippen LogP contribution in [0.3, 0.4) is 0 Å². The summed E-state index contributed by atoms with van der Waals surface area (Å²) in [6, 6.07) is 3.61. The molecule has 0 radical (unpaired) electrons. The van der Waals surface area contributed by atoms with Gasteiger partial charge in [-0.3, -0.25) is 9.69 Å². The van der Waals surface area contributed by atoms with Gasteiger partial charge in [-0.1, -0.05) is 6.92 Å². The molecule has 1 aliphatic rings. The summed E-state index contributed by atoms with van der Waals surface area (Å²) in [5.41, 5.74) is 5.73. The first-order valence-electron chi connectivity index (χ1n) is 6.32. The number of amides is 1. The van der Waals surface area contributed by atoms with Crippen LogP contribution in [0.25, 0.3) is 0 Å². The van der Waals surface area contributed by atoms with E-state index in [1.807, 2.05) is 0 Å². The summed E-state index contributed by atoms with van der Waals surface area (Å²) in [4.78, 5) is 14.2. The summed E-state index contributed by atoms with van der Waals surface area (Å²) in [5, 5.41) is 10.3. The second-order valence-electron chi connectivity index (χ2n) is 4.48. The maximum Gasteiger partial charge on any atom is 0.271 e. The second kappa shape index (κ2) is 5.77. The molecule has 1 unspecified atom stereocenters. The number of nitrogens with one attached hydrogen (secondary N) is 1. The number of nitrogens with two attached hydrogens (primary N) is 1. The molecule has 2 rings (SSSR count). The van der Waals surface area contributed by atoms with Gasteiger partial charge in [-0.2, -0.15) is 0 Å². The largest absolute Gasteiger partial charge is 0.382 e. The number of rotatable bonds is 4. The number of anilines is 1. The molecule has 3 N–H and O–H groups in total. The van der Waals surface area contributed by atoms with Crippen LogP contribution in [-0.4, -0.2) is 46.7 Å². The van der Waals surface area contributed by atoms with E-state index < -0.39 is 0 Å². The molecule has 6 heteroatoms. The van der Waals surface area contributed by atoms with Crippen LogP contribution in [0.5, 0.6) is 0 Å². The summed E-state index contributed by atoms with van der Waals surface area (Å²) in [7, 11) is 0. The molecule has 98 valence electrons. The van der Waals surface area contributed by atoms with Gasteiger partial charge < -0.3 is 11.1 Å². The van der Waals surface area contributed by atoms with Gasteiger partial charge in [-0.05, 0) is 38.1 Å². The lowest BCUT2D eigenvalue weighted by Crippen LogP contribution is -2.40. The topological polar surface area (TPSA) is 84.1 Å². The fraction of sp³-hybridized carbons (Fsp3) is 0.583. The zero-order chi connectivity index (χ0) is 13.0. The molecule has 1 amide bonds. The predicted molar refractivity (Wildman–Crippen MR) is 69.0 cm³/mol. The maximum absolute atomic E-state index is 11.8. The van der Waals surface area contributed by atoms with E-state index in [0.717, 1.165) is 19.5 Å². The Balaban J connectivity index is 1.86. The third kappa shape index (κ3) is 2.95. The van der Waals surface area contributed by atoms with Crippen LogP contribution in [-0.2, 0) is 0 Å². The SMILES string of the molecule is CCN1CCCC1CNC(=O)c1ccc(N)nn1. The Bertz CT molecular complexity index is 405. The maximum atomic E-state index is 11.8. The van der Waals surface area contributed by atoms with Crippen molar-refractivity contribution >= 4 is 11.7 Å². The third-order valence-corrected chi connectivity index (χ3v) is 3.32. The molecule has 1 atom stereocenters. The lowest BCUT2D eigenvalue weighted by atomic mass is 10.2. The summed E-state index contributed by atoms with van der Waals surface area (Å²) >= 11 is 0. The van der Waals surface area contributed by atoms with Gasteiger partial charge in [0.15, 0.2) is 5.69 Å². The molecule has 1 fully saturated rings. The zero-order valence-electron chi connectivity index (χ0n) is 10.6. The highest BCUT2D eigenvalue weighted by Gasteiger charge is 2.23. The smallest absolute Gasteiger partial charge is 0.271 e. The highest BCUT2D eigenvalue weighted by atomic mass is 16.1. The average molecular weight is 249 g/mol. The van der Waals surface area contributed by atoms with Gasteiger partial charge in [-0.25, -0.2) is 0 Å². The minimum atomic E-state index is -0.189. The lowest BCUT2D eigenvalue weighted by molar-refractivity contribution is 0.0935. The van der Waals surface area contributed by atoms with E-state index in [2.05, 4.69) is 27.3 Å². The Kier molecular flexibility index (Phi) is 4.09. The van der Waals surface area contributed by atoms with E-state index in [1.165, 1.54) is 6.42 Å². The summed E-state index contributed by atoms with van der Waals surface area (Å²) < 4.78 is 0. The predicted octanol–water partition coefficient (Wildman–Crippen LogP) is 0.273. The van der Waals surface area contributed by atoms with Gasteiger partial charge in [0.1, 0.15) is 5.82 Å². The van der Waals surface area contributed by atoms with Crippen LogP contribution in [0.2, 0.25) is 0 Å². The molecule has 2 heterocycles.